The molecule has 0 fully saturated rings. The van der Waals surface area contributed by atoms with Gasteiger partial charge in [-0.15, -0.1) is 0 Å². The highest BCUT2D eigenvalue weighted by atomic mass is 19.1. The van der Waals surface area contributed by atoms with Gasteiger partial charge in [-0.05, 0) is 12.5 Å². The molecule has 0 spiro atoms. The van der Waals surface area contributed by atoms with Gasteiger partial charge in [-0.25, -0.2) is 8.78 Å². The summed E-state index contributed by atoms with van der Waals surface area (Å²) in [6.45, 7) is 0.556. The first-order valence-electron chi connectivity index (χ1n) is 4.68. The van der Waals surface area contributed by atoms with Crippen LogP contribution in [0, 0.1) is 11.6 Å². The van der Waals surface area contributed by atoms with E-state index in [2.05, 4.69) is 10.3 Å². The lowest BCUT2D eigenvalue weighted by molar-refractivity contribution is 0.513. The summed E-state index contributed by atoms with van der Waals surface area (Å²) in [6.07, 6.45) is 0.656. The van der Waals surface area contributed by atoms with Crippen LogP contribution in [0.2, 0.25) is 0 Å². The van der Waals surface area contributed by atoms with E-state index in [0.717, 1.165) is 6.07 Å². The normalized spacial score (nSPS) is 20.7. The molecule has 3 nitrogen and oxygen atoms in total. The number of benzene rings is 1. The molecular weight excluding hydrogens is 200 g/mol. The fourth-order valence-corrected chi connectivity index (χ4v) is 1.63. The standard InChI is InChI=1S/C10H11F2N3/c11-6-1-2-7(8(12)5-6)9-3-4-14-10(13)15-9/h1-2,5,9H,3-4H2,(H3,13,14,15). The Morgan fingerprint density at radius 1 is 1.40 bits per heavy atom. The van der Waals surface area contributed by atoms with Crippen LogP contribution in [0.4, 0.5) is 8.78 Å². The molecule has 1 aromatic rings. The molecule has 2 rings (SSSR count). The summed E-state index contributed by atoms with van der Waals surface area (Å²) in [6, 6.07) is 3.32. The predicted octanol–water partition coefficient (Wildman–Crippen LogP) is 1.31. The molecule has 80 valence electrons. The van der Waals surface area contributed by atoms with Gasteiger partial charge >= 0.3 is 0 Å². The van der Waals surface area contributed by atoms with Gasteiger partial charge in [0.05, 0.1) is 6.04 Å². The lowest BCUT2D eigenvalue weighted by Gasteiger charge is -2.23. The summed E-state index contributed by atoms with van der Waals surface area (Å²) in [4.78, 5) is 3.94. The van der Waals surface area contributed by atoms with Crippen molar-refractivity contribution in [3.63, 3.8) is 0 Å². The second kappa shape index (κ2) is 3.84. The van der Waals surface area contributed by atoms with Crippen LogP contribution in [0.25, 0.3) is 0 Å². The van der Waals surface area contributed by atoms with Gasteiger partial charge < -0.3 is 11.1 Å². The number of rotatable bonds is 1. The van der Waals surface area contributed by atoms with Crippen molar-refractivity contribution in [2.75, 3.05) is 6.54 Å². The third kappa shape index (κ3) is 2.06. The summed E-state index contributed by atoms with van der Waals surface area (Å²) in [7, 11) is 0. The van der Waals surface area contributed by atoms with Crippen LogP contribution in [0.5, 0.6) is 0 Å². The largest absolute Gasteiger partial charge is 0.370 e. The van der Waals surface area contributed by atoms with E-state index in [9.17, 15) is 8.78 Å². The molecule has 0 aliphatic carbocycles. The van der Waals surface area contributed by atoms with E-state index in [1.807, 2.05) is 0 Å². The monoisotopic (exact) mass is 211 g/mol. The van der Waals surface area contributed by atoms with Crippen LogP contribution in [-0.2, 0) is 0 Å². The van der Waals surface area contributed by atoms with Gasteiger partial charge in [0, 0.05) is 18.2 Å². The highest BCUT2D eigenvalue weighted by molar-refractivity contribution is 5.78. The molecule has 1 unspecified atom stereocenters. The second-order valence-electron chi connectivity index (χ2n) is 3.42. The first kappa shape index (κ1) is 9.89. The zero-order valence-corrected chi connectivity index (χ0v) is 8.00. The summed E-state index contributed by atoms with van der Waals surface area (Å²) in [5.74, 6) is -0.828. The Hall–Kier alpha value is -1.65. The van der Waals surface area contributed by atoms with Gasteiger partial charge in [0.2, 0.25) is 0 Å². The third-order valence-corrected chi connectivity index (χ3v) is 2.36. The molecule has 0 bridgehead atoms. The number of aliphatic imine (C=N–C) groups is 1. The number of nitrogens with one attached hydrogen (secondary N) is 1. The van der Waals surface area contributed by atoms with Crippen molar-refractivity contribution in [2.24, 2.45) is 10.7 Å². The number of nitrogens with zero attached hydrogens (tertiary/aromatic N) is 1. The van der Waals surface area contributed by atoms with E-state index in [-0.39, 0.29) is 6.04 Å². The molecule has 1 heterocycles. The maximum atomic E-state index is 13.4. The zero-order chi connectivity index (χ0) is 10.8. The molecule has 0 saturated heterocycles. The van der Waals surface area contributed by atoms with Gasteiger partial charge in [-0.2, -0.15) is 0 Å². The van der Waals surface area contributed by atoms with Crippen LogP contribution < -0.4 is 11.1 Å². The average Bonchev–Trinajstić information content (AvgIpc) is 2.17. The average molecular weight is 211 g/mol. The Kier molecular flexibility index (Phi) is 2.53. The Morgan fingerprint density at radius 2 is 2.20 bits per heavy atom. The van der Waals surface area contributed by atoms with Crippen molar-refractivity contribution in [3.05, 3.63) is 35.4 Å². The van der Waals surface area contributed by atoms with Gasteiger partial charge in [-0.1, -0.05) is 6.07 Å². The van der Waals surface area contributed by atoms with Crippen molar-refractivity contribution >= 4 is 5.96 Å². The minimum absolute atomic E-state index is 0.219. The van der Waals surface area contributed by atoms with Crippen LogP contribution in [0.1, 0.15) is 18.0 Å². The van der Waals surface area contributed by atoms with E-state index in [0.29, 0.717) is 24.5 Å². The molecule has 5 heteroatoms. The molecule has 1 aliphatic heterocycles. The fraction of sp³-hybridized carbons (Fsp3) is 0.300. The minimum Gasteiger partial charge on any atom is -0.370 e. The Bertz CT molecular complexity index is 404. The Morgan fingerprint density at radius 3 is 2.87 bits per heavy atom. The van der Waals surface area contributed by atoms with Crippen LogP contribution in [-0.4, -0.2) is 12.5 Å². The predicted molar refractivity (Wildman–Crippen MR) is 53.3 cm³/mol. The highest BCUT2D eigenvalue weighted by Crippen LogP contribution is 2.22. The number of hydrogen-bond donors (Lipinski definition) is 2. The molecule has 3 N–H and O–H groups in total. The molecule has 0 aromatic heterocycles. The van der Waals surface area contributed by atoms with E-state index < -0.39 is 11.6 Å². The molecule has 0 saturated carbocycles. The van der Waals surface area contributed by atoms with Crippen molar-refractivity contribution < 1.29 is 8.78 Å². The number of guanidine groups is 1. The van der Waals surface area contributed by atoms with E-state index in [4.69, 9.17) is 5.73 Å². The van der Waals surface area contributed by atoms with Gasteiger partial charge in [-0.3, -0.25) is 4.99 Å². The smallest absolute Gasteiger partial charge is 0.189 e. The second-order valence-corrected chi connectivity index (χ2v) is 3.42. The zero-order valence-electron chi connectivity index (χ0n) is 8.00. The SMILES string of the molecule is NC1=NCCC(c2ccc(F)cc2F)N1. The van der Waals surface area contributed by atoms with E-state index >= 15 is 0 Å². The van der Waals surface area contributed by atoms with E-state index in [1.54, 1.807) is 0 Å². The van der Waals surface area contributed by atoms with E-state index in [1.165, 1.54) is 12.1 Å². The summed E-state index contributed by atoms with van der Waals surface area (Å²) in [5, 5.41) is 2.86. The van der Waals surface area contributed by atoms with Crippen molar-refractivity contribution in [1.82, 2.24) is 5.32 Å². The van der Waals surface area contributed by atoms with Gasteiger partial charge in [0.15, 0.2) is 5.96 Å². The molecule has 1 aliphatic rings. The fourth-order valence-electron chi connectivity index (χ4n) is 1.63. The highest BCUT2D eigenvalue weighted by Gasteiger charge is 2.19. The van der Waals surface area contributed by atoms with Crippen molar-refractivity contribution in [3.8, 4) is 0 Å². The molecular formula is C10H11F2N3. The maximum Gasteiger partial charge on any atom is 0.189 e. The van der Waals surface area contributed by atoms with Gasteiger partial charge in [0.25, 0.3) is 0 Å². The molecule has 0 amide bonds. The van der Waals surface area contributed by atoms with Crippen LogP contribution in [0.15, 0.2) is 23.2 Å². The van der Waals surface area contributed by atoms with Crippen LogP contribution in [0.3, 0.4) is 0 Å². The molecule has 1 aromatic carbocycles. The Balaban J connectivity index is 2.26. The minimum atomic E-state index is -0.575. The summed E-state index contributed by atoms with van der Waals surface area (Å²) < 4.78 is 26.1. The van der Waals surface area contributed by atoms with Gasteiger partial charge in [0.1, 0.15) is 11.6 Å². The lowest BCUT2D eigenvalue weighted by Crippen LogP contribution is -2.39. The third-order valence-electron chi connectivity index (χ3n) is 2.36. The van der Waals surface area contributed by atoms with Crippen LogP contribution >= 0.6 is 0 Å². The molecule has 0 radical (unpaired) electrons. The number of halogens is 2. The molecule has 15 heavy (non-hydrogen) atoms. The first-order valence-corrected chi connectivity index (χ1v) is 4.68. The summed E-state index contributed by atoms with van der Waals surface area (Å²) >= 11 is 0. The lowest BCUT2D eigenvalue weighted by atomic mass is 10.0. The topological polar surface area (TPSA) is 50.4 Å². The number of hydrogen-bond acceptors (Lipinski definition) is 3. The first-order chi connectivity index (χ1) is 7.16. The summed E-state index contributed by atoms with van der Waals surface area (Å²) in [5.41, 5.74) is 5.91. The Labute approximate surface area is 86.0 Å². The van der Waals surface area contributed by atoms with Crippen molar-refractivity contribution in [1.29, 1.82) is 0 Å². The quantitative estimate of drug-likeness (QED) is 0.736. The number of nitrogens with two attached hydrogens (primary N) is 1. The van der Waals surface area contributed by atoms with Crippen molar-refractivity contribution in [2.45, 2.75) is 12.5 Å². The maximum absolute atomic E-state index is 13.4. The molecule has 1 atom stereocenters.